The molecule has 278 valence electrons. The number of pyridine rings is 1. The summed E-state index contributed by atoms with van der Waals surface area (Å²) in [5.74, 6) is 0.898. The number of hydrogen-bond acceptors (Lipinski definition) is 9. The number of nitrogens with one attached hydrogen (secondary N) is 5. The molecular weight excluding hydrogens is 660 g/mol. The molecule has 13 nitrogen and oxygen atoms in total. The van der Waals surface area contributed by atoms with Gasteiger partial charge in [-0.2, -0.15) is 0 Å². The summed E-state index contributed by atoms with van der Waals surface area (Å²) in [6, 6.07) is 16.7. The predicted molar refractivity (Wildman–Crippen MR) is 203 cm³/mol. The standard InChI is InChI=1S/C39H52N8O5/c1-39(2,3)52-38(51)41-24-25-8-10-27(11-9-25)35(48)43-33(36(49)42-30-12-13-31-32(23-30)45-37(50)44-31)21-26-6-5-7-28(20-26)29-14-15-40-34(22-29)47-18-16-46(4)17-19-47/h5-7,12-15,20,22-23,25,27,33,35,43,48H,8-11,16-19,21,24H2,1-4H3,(H,41,51)(H,42,49)(H2,44,45,50). The summed E-state index contributed by atoms with van der Waals surface area (Å²) >= 11 is 0. The number of anilines is 2. The van der Waals surface area contributed by atoms with Gasteiger partial charge >= 0.3 is 11.8 Å². The van der Waals surface area contributed by atoms with Crippen molar-refractivity contribution in [3.05, 3.63) is 76.8 Å². The lowest BCUT2D eigenvalue weighted by Gasteiger charge is -2.33. The Balaban J connectivity index is 1.14. The number of aromatic nitrogens is 3. The second kappa shape index (κ2) is 16.3. The summed E-state index contributed by atoms with van der Waals surface area (Å²) in [6.45, 7) is 9.88. The zero-order chi connectivity index (χ0) is 36.8. The number of fused-ring (bicyclic) bond motifs is 1. The van der Waals surface area contributed by atoms with Gasteiger partial charge in [0.05, 0.1) is 17.1 Å². The Morgan fingerprint density at radius 3 is 2.44 bits per heavy atom. The molecule has 2 unspecified atom stereocenters. The van der Waals surface area contributed by atoms with Gasteiger partial charge in [0.2, 0.25) is 5.91 Å². The first-order chi connectivity index (χ1) is 24.9. The average Bonchev–Trinajstić information content (AvgIpc) is 3.49. The number of aliphatic hydroxyl groups is 1. The van der Waals surface area contributed by atoms with Gasteiger partial charge in [0.15, 0.2) is 0 Å². The molecule has 2 fully saturated rings. The Morgan fingerprint density at radius 2 is 1.69 bits per heavy atom. The molecular formula is C39H52N8O5. The quantitative estimate of drug-likeness (QED) is 0.123. The molecule has 2 aromatic carbocycles. The molecule has 2 atom stereocenters. The van der Waals surface area contributed by atoms with Crippen LogP contribution in [0.3, 0.4) is 0 Å². The number of alkyl carbamates (subject to hydrolysis) is 1. The van der Waals surface area contributed by atoms with E-state index in [4.69, 9.17) is 4.74 Å². The number of nitrogens with zero attached hydrogens (tertiary/aromatic N) is 3. The van der Waals surface area contributed by atoms with Gasteiger partial charge in [-0.3, -0.25) is 10.1 Å². The second-order valence-electron chi connectivity index (χ2n) is 15.3. The van der Waals surface area contributed by atoms with Crippen LogP contribution in [-0.4, -0.2) is 94.6 Å². The van der Waals surface area contributed by atoms with E-state index in [1.807, 2.05) is 45.2 Å². The van der Waals surface area contributed by atoms with Crippen LogP contribution in [0, 0.1) is 11.8 Å². The number of aromatic amines is 2. The minimum absolute atomic E-state index is 0.0505. The molecule has 0 radical (unpaired) electrons. The third-order valence-corrected chi connectivity index (χ3v) is 10.0. The molecule has 3 heterocycles. The van der Waals surface area contributed by atoms with E-state index in [2.05, 4.69) is 65.9 Å². The van der Waals surface area contributed by atoms with E-state index in [-0.39, 0.29) is 23.4 Å². The first-order valence-corrected chi connectivity index (χ1v) is 18.3. The fraction of sp³-hybridized carbons (Fsp3) is 0.487. The van der Waals surface area contributed by atoms with E-state index in [0.29, 0.717) is 29.7 Å². The molecule has 0 bridgehead atoms. The Kier molecular flexibility index (Phi) is 11.6. The maximum Gasteiger partial charge on any atom is 0.407 e. The van der Waals surface area contributed by atoms with Gasteiger partial charge in [0.25, 0.3) is 0 Å². The molecule has 13 heteroatoms. The van der Waals surface area contributed by atoms with Crippen molar-refractivity contribution in [1.82, 2.24) is 30.5 Å². The van der Waals surface area contributed by atoms with Crippen molar-refractivity contribution < 1.29 is 19.4 Å². The zero-order valence-electron chi connectivity index (χ0n) is 30.6. The van der Waals surface area contributed by atoms with E-state index in [0.717, 1.165) is 74.4 Å². The summed E-state index contributed by atoms with van der Waals surface area (Å²) in [4.78, 5) is 52.6. The van der Waals surface area contributed by atoms with Crippen molar-refractivity contribution in [3.63, 3.8) is 0 Å². The van der Waals surface area contributed by atoms with E-state index in [1.165, 1.54) is 0 Å². The predicted octanol–water partition coefficient (Wildman–Crippen LogP) is 4.46. The zero-order valence-corrected chi connectivity index (χ0v) is 30.6. The van der Waals surface area contributed by atoms with E-state index in [9.17, 15) is 19.5 Å². The summed E-state index contributed by atoms with van der Waals surface area (Å²) in [7, 11) is 2.13. The van der Waals surface area contributed by atoms with E-state index >= 15 is 0 Å². The molecule has 2 amide bonds. The molecule has 1 aliphatic heterocycles. The first kappa shape index (κ1) is 37.1. The Bertz CT molecular complexity index is 1890. The highest BCUT2D eigenvalue weighted by atomic mass is 16.6. The lowest BCUT2D eigenvalue weighted by atomic mass is 9.81. The summed E-state index contributed by atoms with van der Waals surface area (Å²) in [6.07, 6.45) is 4.06. The van der Waals surface area contributed by atoms with Crippen molar-refractivity contribution in [2.24, 2.45) is 11.8 Å². The summed E-state index contributed by atoms with van der Waals surface area (Å²) in [5, 5.41) is 20.6. The summed E-state index contributed by atoms with van der Waals surface area (Å²) < 4.78 is 5.37. The molecule has 6 rings (SSSR count). The van der Waals surface area contributed by atoms with Crippen molar-refractivity contribution in [1.29, 1.82) is 0 Å². The minimum Gasteiger partial charge on any atom is -0.444 e. The van der Waals surface area contributed by atoms with Crippen LogP contribution in [0.2, 0.25) is 0 Å². The normalized spacial score (nSPS) is 19.6. The highest BCUT2D eigenvalue weighted by Gasteiger charge is 2.31. The topological polar surface area (TPSA) is 168 Å². The lowest BCUT2D eigenvalue weighted by Crippen LogP contribution is -2.50. The van der Waals surface area contributed by atoms with Gasteiger partial charge in [0.1, 0.15) is 17.6 Å². The molecule has 0 spiro atoms. The van der Waals surface area contributed by atoms with Crippen molar-refractivity contribution in [2.45, 2.75) is 70.7 Å². The fourth-order valence-electron chi connectivity index (χ4n) is 7.08. The Labute approximate surface area is 304 Å². The SMILES string of the molecule is CN1CCN(c2cc(-c3cccc(CC(NC(O)C4CCC(CNC(=O)OC(C)(C)C)CC4)C(=O)Nc4ccc5[nH]c(=O)[nH]c5c4)c3)ccn2)CC1. The third-order valence-electron chi connectivity index (χ3n) is 10.0. The number of rotatable bonds is 11. The van der Waals surface area contributed by atoms with Crippen LogP contribution in [0.1, 0.15) is 52.0 Å². The number of carbonyl (C=O) groups is 2. The molecule has 52 heavy (non-hydrogen) atoms. The van der Waals surface area contributed by atoms with E-state index in [1.54, 1.807) is 18.2 Å². The number of ether oxygens (including phenoxy) is 1. The largest absolute Gasteiger partial charge is 0.444 e. The number of amides is 2. The monoisotopic (exact) mass is 712 g/mol. The van der Waals surface area contributed by atoms with Crippen LogP contribution in [0.25, 0.3) is 22.2 Å². The van der Waals surface area contributed by atoms with Gasteiger partial charge in [0, 0.05) is 44.6 Å². The molecule has 1 saturated carbocycles. The van der Waals surface area contributed by atoms with Gasteiger partial charge in [-0.05, 0) is 119 Å². The third kappa shape index (κ3) is 9.99. The number of H-pyrrole nitrogens is 2. The number of carbonyl (C=O) groups excluding carboxylic acids is 2. The Hall–Kier alpha value is -4.72. The second-order valence-corrected chi connectivity index (χ2v) is 15.3. The number of benzene rings is 2. The molecule has 6 N–H and O–H groups in total. The van der Waals surface area contributed by atoms with Crippen LogP contribution in [0.5, 0.6) is 0 Å². The lowest BCUT2D eigenvalue weighted by molar-refractivity contribution is -0.119. The van der Waals surface area contributed by atoms with Crippen molar-refractivity contribution >= 4 is 34.5 Å². The maximum atomic E-state index is 13.9. The molecule has 4 aromatic rings. The van der Waals surface area contributed by atoms with Gasteiger partial charge in [-0.25, -0.2) is 14.6 Å². The van der Waals surface area contributed by atoms with Gasteiger partial charge in [-0.1, -0.05) is 24.3 Å². The summed E-state index contributed by atoms with van der Waals surface area (Å²) in [5.41, 5.74) is 3.91. The van der Waals surface area contributed by atoms with Crippen molar-refractivity contribution in [3.8, 4) is 11.1 Å². The number of piperazine rings is 1. The van der Waals surface area contributed by atoms with Crippen LogP contribution in [-0.2, 0) is 16.0 Å². The number of likely N-dealkylation sites (N-methyl/N-ethyl adjacent to an activating group) is 1. The Morgan fingerprint density at radius 1 is 0.962 bits per heavy atom. The highest BCUT2D eigenvalue weighted by molar-refractivity contribution is 5.96. The molecule has 1 aliphatic carbocycles. The van der Waals surface area contributed by atoms with Crippen LogP contribution in [0.4, 0.5) is 16.3 Å². The van der Waals surface area contributed by atoms with Crippen LogP contribution >= 0.6 is 0 Å². The van der Waals surface area contributed by atoms with Crippen LogP contribution < -0.4 is 26.5 Å². The number of imidazole rings is 1. The molecule has 2 aromatic heterocycles. The fourth-order valence-corrected chi connectivity index (χ4v) is 7.08. The van der Waals surface area contributed by atoms with Gasteiger partial charge < -0.3 is 40.2 Å². The smallest absolute Gasteiger partial charge is 0.407 e. The molecule has 2 aliphatic rings. The van der Waals surface area contributed by atoms with Crippen molar-refractivity contribution in [2.75, 3.05) is 50.0 Å². The first-order valence-electron chi connectivity index (χ1n) is 18.3. The number of hydrogen-bond donors (Lipinski definition) is 6. The molecule has 1 saturated heterocycles. The minimum atomic E-state index is -0.909. The van der Waals surface area contributed by atoms with Crippen LogP contribution in [0.15, 0.2) is 65.6 Å². The van der Waals surface area contributed by atoms with E-state index < -0.39 is 24.0 Å². The highest BCUT2D eigenvalue weighted by Crippen LogP contribution is 2.31. The number of aliphatic hydroxyl groups excluding tert-OH is 1. The maximum absolute atomic E-state index is 13.9. The van der Waals surface area contributed by atoms with Gasteiger partial charge in [-0.15, -0.1) is 0 Å². The average molecular weight is 713 g/mol.